The van der Waals surface area contributed by atoms with Gasteiger partial charge in [-0.25, -0.2) is 9.59 Å². The molecule has 0 spiro atoms. The van der Waals surface area contributed by atoms with Crippen LogP contribution in [-0.2, 0) is 0 Å². The predicted octanol–water partition coefficient (Wildman–Crippen LogP) is 3.41. The molecule has 0 aliphatic carbocycles. The number of hydrogen-bond acceptors (Lipinski definition) is 2. The number of carbonyl (C=O) groups excluding carboxylic acids is 2. The number of benzene rings is 2. The predicted molar refractivity (Wildman–Crippen MR) is 98.9 cm³/mol. The molecule has 1 aliphatic rings. The topological polar surface area (TPSA) is 73.5 Å². The lowest BCUT2D eigenvalue weighted by Gasteiger charge is -2.19. The molecule has 2 aromatic carbocycles. The Morgan fingerprint density at radius 3 is 2.72 bits per heavy atom. The van der Waals surface area contributed by atoms with Crippen molar-refractivity contribution in [3.8, 4) is 0 Å². The highest BCUT2D eigenvalue weighted by Gasteiger charge is 2.21. The molecule has 0 bridgehead atoms. The molecular formula is C19H22N4O2. The Morgan fingerprint density at radius 2 is 2.00 bits per heavy atom. The molecule has 6 nitrogen and oxygen atoms in total. The number of nitrogens with one attached hydrogen (secondary N) is 3. The monoisotopic (exact) mass is 338 g/mol. The molecule has 1 heterocycles. The molecular weight excluding hydrogens is 316 g/mol. The van der Waals surface area contributed by atoms with E-state index in [0.717, 1.165) is 22.5 Å². The summed E-state index contributed by atoms with van der Waals surface area (Å²) in [6.07, 6.45) is 0. The maximum absolute atomic E-state index is 12.2. The van der Waals surface area contributed by atoms with Gasteiger partial charge in [0, 0.05) is 24.5 Å². The molecule has 1 atom stereocenters. The van der Waals surface area contributed by atoms with Crippen LogP contribution in [0, 0.1) is 6.92 Å². The van der Waals surface area contributed by atoms with Gasteiger partial charge in [0.2, 0.25) is 0 Å². The number of amides is 4. The fourth-order valence-electron chi connectivity index (χ4n) is 2.85. The maximum atomic E-state index is 12.2. The minimum atomic E-state index is -0.262. The molecule has 1 unspecified atom stereocenters. The van der Waals surface area contributed by atoms with Crippen molar-refractivity contribution < 1.29 is 9.59 Å². The second kappa shape index (κ2) is 7.25. The fourth-order valence-corrected chi connectivity index (χ4v) is 2.85. The molecule has 4 amide bonds. The van der Waals surface area contributed by atoms with E-state index in [2.05, 4.69) is 16.0 Å². The molecule has 25 heavy (non-hydrogen) atoms. The third-order valence-corrected chi connectivity index (χ3v) is 4.16. The molecule has 6 heteroatoms. The number of aryl methyl sites for hydroxylation is 1. The quantitative estimate of drug-likeness (QED) is 0.799. The third-order valence-electron chi connectivity index (χ3n) is 4.16. The van der Waals surface area contributed by atoms with Gasteiger partial charge in [0.25, 0.3) is 0 Å². The number of carbonyl (C=O) groups is 2. The first kappa shape index (κ1) is 16.8. The zero-order valence-corrected chi connectivity index (χ0v) is 14.4. The molecule has 1 fully saturated rings. The van der Waals surface area contributed by atoms with Crippen LogP contribution in [0.5, 0.6) is 0 Å². The van der Waals surface area contributed by atoms with Crippen LogP contribution in [0.1, 0.15) is 24.1 Å². The standard InChI is InChI=1S/C19H22N4O2/c1-13-5-3-7-16(11-13)22-18(24)21-14(2)15-6-4-8-17(12-15)23-10-9-20-19(23)25/h3-8,11-12,14H,9-10H2,1-2H3,(H,20,25)(H2,21,22,24). The Hall–Kier alpha value is -3.02. The molecule has 2 aromatic rings. The second-order valence-corrected chi connectivity index (χ2v) is 6.17. The third kappa shape index (κ3) is 4.09. The average molecular weight is 338 g/mol. The molecule has 130 valence electrons. The summed E-state index contributed by atoms with van der Waals surface area (Å²) in [5, 5.41) is 8.55. The highest BCUT2D eigenvalue weighted by Crippen LogP contribution is 2.22. The van der Waals surface area contributed by atoms with Crippen molar-refractivity contribution in [1.29, 1.82) is 0 Å². The van der Waals surface area contributed by atoms with Gasteiger partial charge in [-0.15, -0.1) is 0 Å². The van der Waals surface area contributed by atoms with E-state index in [-0.39, 0.29) is 18.1 Å². The Kier molecular flexibility index (Phi) is 4.88. The van der Waals surface area contributed by atoms with E-state index >= 15 is 0 Å². The molecule has 0 aromatic heterocycles. The Balaban J connectivity index is 1.65. The van der Waals surface area contributed by atoms with Crippen LogP contribution in [0.4, 0.5) is 21.0 Å². The van der Waals surface area contributed by atoms with Crippen molar-refractivity contribution in [2.45, 2.75) is 19.9 Å². The van der Waals surface area contributed by atoms with Crippen LogP contribution in [0.2, 0.25) is 0 Å². The van der Waals surface area contributed by atoms with E-state index < -0.39 is 0 Å². The van der Waals surface area contributed by atoms with Gasteiger partial charge in [-0.2, -0.15) is 0 Å². The highest BCUT2D eigenvalue weighted by molar-refractivity contribution is 5.94. The van der Waals surface area contributed by atoms with Gasteiger partial charge >= 0.3 is 12.1 Å². The van der Waals surface area contributed by atoms with Crippen LogP contribution in [0.3, 0.4) is 0 Å². The molecule has 3 N–H and O–H groups in total. The lowest BCUT2D eigenvalue weighted by atomic mass is 10.1. The molecule has 3 rings (SSSR count). The van der Waals surface area contributed by atoms with E-state index in [0.29, 0.717) is 13.1 Å². The van der Waals surface area contributed by atoms with Crippen molar-refractivity contribution >= 4 is 23.4 Å². The summed E-state index contributed by atoms with van der Waals surface area (Å²) in [4.78, 5) is 25.7. The lowest BCUT2D eigenvalue weighted by Crippen LogP contribution is -2.31. The number of nitrogens with zero attached hydrogens (tertiary/aromatic N) is 1. The molecule has 0 saturated carbocycles. The summed E-state index contributed by atoms with van der Waals surface area (Å²) in [6, 6.07) is 14.8. The first-order valence-electron chi connectivity index (χ1n) is 8.32. The zero-order chi connectivity index (χ0) is 17.8. The number of hydrogen-bond donors (Lipinski definition) is 3. The summed E-state index contributed by atoms with van der Waals surface area (Å²) in [6.45, 7) is 5.19. The highest BCUT2D eigenvalue weighted by atomic mass is 16.2. The smallest absolute Gasteiger partial charge is 0.321 e. The first-order valence-corrected chi connectivity index (χ1v) is 8.32. The van der Waals surface area contributed by atoms with Gasteiger partial charge in [0.1, 0.15) is 0 Å². The Morgan fingerprint density at radius 1 is 1.20 bits per heavy atom. The lowest BCUT2D eigenvalue weighted by molar-refractivity contribution is 0.249. The van der Waals surface area contributed by atoms with Gasteiger partial charge in [-0.3, -0.25) is 4.90 Å². The second-order valence-electron chi connectivity index (χ2n) is 6.17. The summed E-state index contributed by atoms with van der Waals surface area (Å²) < 4.78 is 0. The summed E-state index contributed by atoms with van der Waals surface area (Å²) in [7, 11) is 0. The number of anilines is 2. The molecule has 1 aliphatic heterocycles. The van der Waals surface area contributed by atoms with Crippen LogP contribution >= 0.6 is 0 Å². The van der Waals surface area contributed by atoms with Crippen molar-refractivity contribution in [2.75, 3.05) is 23.3 Å². The van der Waals surface area contributed by atoms with E-state index in [1.807, 2.05) is 62.4 Å². The van der Waals surface area contributed by atoms with Crippen LogP contribution in [0.25, 0.3) is 0 Å². The largest absolute Gasteiger partial charge is 0.336 e. The number of urea groups is 2. The summed E-state index contributed by atoms with van der Waals surface area (Å²) in [5.74, 6) is 0. The van der Waals surface area contributed by atoms with Gasteiger partial charge in [-0.05, 0) is 49.2 Å². The molecule has 0 radical (unpaired) electrons. The van der Waals surface area contributed by atoms with Crippen molar-refractivity contribution in [2.24, 2.45) is 0 Å². The van der Waals surface area contributed by atoms with E-state index in [9.17, 15) is 9.59 Å². The minimum absolute atomic E-state index is 0.0880. The Bertz CT molecular complexity index is 790. The average Bonchev–Trinajstić information content (AvgIpc) is 3.01. The minimum Gasteiger partial charge on any atom is -0.336 e. The van der Waals surface area contributed by atoms with E-state index in [4.69, 9.17) is 0 Å². The summed E-state index contributed by atoms with van der Waals surface area (Å²) >= 11 is 0. The van der Waals surface area contributed by atoms with Crippen molar-refractivity contribution in [3.63, 3.8) is 0 Å². The van der Waals surface area contributed by atoms with Gasteiger partial charge in [0.05, 0.1) is 6.04 Å². The van der Waals surface area contributed by atoms with E-state index in [1.165, 1.54) is 0 Å². The van der Waals surface area contributed by atoms with Crippen molar-refractivity contribution in [3.05, 3.63) is 59.7 Å². The zero-order valence-electron chi connectivity index (χ0n) is 14.4. The first-order chi connectivity index (χ1) is 12.0. The van der Waals surface area contributed by atoms with Gasteiger partial charge in [0.15, 0.2) is 0 Å². The number of rotatable bonds is 4. The van der Waals surface area contributed by atoms with Crippen LogP contribution in [0.15, 0.2) is 48.5 Å². The van der Waals surface area contributed by atoms with Gasteiger partial charge < -0.3 is 16.0 Å². The van der Waals surface area contributed by atoms with Crippen LogP contribution < -0.4 is 20.9 Å². The maximum Gasteiger partial charge on any atom is 0.321 e. The van der Waals surface area contributed by atoms with E-state index in [1.54, 1.807) is 4.90 Å². The molecule has 1 saturated heterocycles. The SMILES string of the molecule is Cc1cccc(NC(=O)NC(C)c2cccc(N3CCNC3=O)c2)c1. The Labute approximate surface area is 147 Å². The van der Waals surface area contributed by atoms with Gasteiger partial charge in [-0.1, -0.05) is 24.3 Å². The van der Waals surface area contributed by atoms with Crippen molar-refractivity contribution in [1.82, 2.24) is 10.6 Å². The fraction of sp³-hybridized carbons (Fsp3) is 0.263. The van der Waals surface area contributed by atoms with Crippen LogP contribution in [-0.4, -0.2) is 25.2 Å². The normalized spacial score (nSPS) is 14.8. The summed E-state index contributed by atoms with van der Waals surface area (Å²) in [5.41, 5.74) is 3.62.